The highest BCUT2D eigenvalue weighted by molar-refractivity contribution is 7.89. The third kappa shape index (κ3) is 5.07. The van der Waals surface area contributed by atoms with Gasteiger partial charge < -0.3 is 9.80 Å². The topological polar surface area (TPSA) is 60.9 Å². The van der Waals surface area contributed by atoms with E-state index in [2.05, 4.69) is 4.90 Å². The molecule has 0 unspecified atom stereocenters. The second-order valence-corrected chi connectivity index (χ2v) is 9.10. The van der Waals surface area contributed by atoms with Crippen molar-refractivity contribution in [3.8, 4) is 0 Å². The number of benzene rings is 2. The van der Waals surface area contributed by atoms with E-state index in [1.54, 1.807) is 24.0 Å². The minimum atomic E-state index is -3.78. The zero-order valence-corrected chi connectivity index (χ0v) is 17.7. The molecule has 1 aliphatic heterocycles. The van der Waals surface area contributed by atoms with E-state index < -0.39 is 10.0 Å². The van der Waals surface area contributed by atoms with Crippen LogP contribution in [0.25, 0.3) is 0 Å². The average Bonchev–Trinajstić information content (AvgIpc) is 2.72. The Morgan fingerprint density at radius 2 is 1.62 bits per heavy atom. The Morgan fingerprint density at radius 3 is 2.17 bits per heavy atom. The lowest BCUT2D eigenvalue weighted by Crippen LogP contribution is -2.51. The number of sulfonamides is 1. The van der Waals surface area contributed by atoms with E-state index in [4.69, 9.17) is 11.6 Å². The monoisotopic (exact) mass is 439 g/mol. The van der Waals surface area contributed by atoms with Gasteiger partial charge in [0.25, 0.3) is 0 Å². The van der Waals surface area contributed by atoms with Gasteiger partial charge in [-0.05, 0) is 48.5 Å². The molecule has 0 saturated carbocycles. The molecule has 2 aromatic rings. The largest absolute Gasteiger partial charge is 0.368 e. The highest BCUT2D eigenvalue weighted by Crippen LogP contribution is 2.20. The molecule has 1 heterocycles. The standard InChI is InChI=1S/C20H23ClFN3O3S/c1-2-25(29(27,28)19-9-3-16(21)4-10-19)15-20(26)24-13-11-23(12-14-24)18-7-5-17(22)6-8-18/h3-10H,2,11-15H2,1H3. The fourth-order valence-electron chi connectivity index (χ4n) is 3.24. The highest BCUT2D eigenvalue weighted by atomic mass is 35.5. The van der Waals surface area contributed by atoms with E-state index in [9.17, 15) is 17.6 Å². The molecule has 9 heteroatoms. The van der Waals surface area contributed by atoms with Crippen LogP contribution in [0.4, 0.5) is 10.1 Å². The minimum Gasteiger partial charge on any atom is -0.368 e. The first-order valence-electron chi connectivity index (χ1n) is 9.35. The van der Waals surface area contributed by atoms with Crippen LogP contribution in [-0.2, 0) is 14.8 Å². The minimum absolute atomic E-state index is 0.109. The Bertz CT molecular complexity index is 944. The summed E-state index contributed by atoms with van der Waals surface area (Å²) in [6, 6.07) is 12.1. The normalized spacial score (nSPS) is 15.0. The maximum absolute atomic E-state index is 13.1. The molecule has 0 aliphatic carbocycles. The van der Waals surface area contributed by atoms with Gasteiger partial charge in [-0.25, -0.2) is 12.8 Å². The van der Waals surface area contributed by atoms with Crippen LogP contribution in [0.2, 0.25) is 5.02 Å². The summed E-state index contributed by atoms with van der Waals surface area (Å²) in [5.41, 5.74) is 0.902. The molecule has 0 bridgehead atoms. The van der Waals surface area contributed by atoms with Gasteiger partial charge in [-0.1, -0.05) is 18.5 Å². The second kappa shape index (κ2) is 9.11. The van der Waals surface area contributed by atoms with Crippen LogP contribution in [0.15, 0.2) is 53.4 Å². The molecule has 0 N–H and O–H groups in total. The molecule has 2 aromatic carbocycles. The van der Waals surface area contributed by atoms with Gasteiger partial charge in [0.1, 0.15) is 5.82 Å². The zero-order chi connectivity index (χ0) is 21.0. The van der Waals surface area contributed by atoms with E-state index in [1.165, 1.54) is 40.7 Å². The van der Waals surface area contributed by atoms with E-state index in [0.717, 1.165) is 5.69 Å². The predicted molar refractivity (Wildman–Crippen MR) is 111 cm³/mol. The SMILES string of the molecule is CCN(CC(=O)N1CCN(c2ccc(F)cc2)CC1)S(=O)(=O)c1ccc(Cl)cc1. The van der Waals surface area contributed by atoms with Gasteiger partial charge in [0.05, 0.1) is 11.4 Å². The fraction of sp³-hybridized carbons (Fsp3) is 0.350. The molecule has 1 saturated heterocycles. The molecule has 6 nitrogen and oxygen atoms in total. The van der Waals surface area contributed by atoms with E-state index in [0.29, 0.717) is 31.2 Å². The van der Waals surface area contributed by atoms with Crippen LogP contribution in [0, 0.1) is 5.82 Å². The summed E-state index contributed by atoms with van der Waals surface area (Å²) in [5, 5.41) is 0.446. The summed E-state index contributed by atoms with van der Waals surface area (Å²) in [6.45, 7) is 3.85. The fourth-order valence-corrected chi connectivity index (χ4v) is 4.76. The first-order chi connectivity index (χ1) is 13.8. The second-order valence-electron chi connectivity index (χ2n) is 6.73. The first kappa shape index (κ1) is 21.5. The van der Waals surface area contributed by atoms with Crippen molar-refractivity contribution in [1.29, 1.82) is 0 Å². The predicted octanol–water partition coefficient (Wildman–Crippen LogP) is 2.84. The van der Waals surface area contributed by atoms with Crippen LogP contribution in [0.3, 0.4) is 0 Å². The van der Waals surface area contributed by atoms with Crippen LogP contribution in [0.5, 0.6) is 0 Å². The van der Waals surface area contributed by atoms with Crippen molar-refractivity contribution in [3.05, 3.63) is 59.4 Å². The summed E-state index contributed by atoms with van der Waals surface area (Å²) in [4.78, 5) is 16.6. The van der Waals surface area contributed by atoms with Crippen molar-refractivity contribution >= 4 is 33.2 Å². The van der Waals surface area contributed by atoms with Crippen molar-refractivity contribution < 1.29 is 17.6 Å². The van der Waals surface area contributed by atoms with Gasteiger partial charge in [0, 0.05) is 43.4 Å². The summed E-state index contributed by atoms with van der Waals surface area (Å²) < 4.78 is 39.9. The molecule has 0 atom stereocenters. The lowest BCUT2D eigenvalue weighted by molar-refractivity contribution is -0.131. The van der Waals surface area contributed by atoms with Gasteiger partial charge in [-0.2, -0.15) is 4.31 Å². The van der Waals surface area contributed by atoms with Gasteiger partial charge in [0.15, 0.2) is 0 Å². The first-order valence-corrected chi connectivity index (χ1v) is 11.2. The van der Waals surface area contributed by atoms with Crippen molar-refractivity contribution in [3.63, 3.8) is 0 Å². The third-order valence-corrected chi connectivity index (χ3v) is 7.13. The maximum atomic E-state index is 13.1. The van der Waals surface area contributed by atoms with Crippen molar-refractivity contribution in [2.24, 2.45) is 0 Å². The number of nitrogens with zero attached hydrogens (tertiary/aromatic N) is 3. The Hall–Kier alpha value is -2.16. The maximum Gasteiger partial charge on any atom is 0.243 e. The summed E-state index contributed by atoms with van der Waals surface area (Å²) in [7, 11) is -3.78. The van der Waals surface area contributed by atoms with Crippen LogP contribution in [0.1, 0.15) is 6.92 Å². The molecule has 29 heavy (non-hydrogen) atoms. The molecule has 3 rings (SSSR count). The van der Waals surface area contributed by atoms with Crippen LogP contribution >= 0.6 is 11.6 Å². The molecular weight excluding hydrogens is 417 g/mol. The van der Waals surface area contributed by atoms with Gasteiger partial charge in [-0.15, -0.1) is 0 Å². The van der Waals surface area contributed by atoms with E-state index in [1.807, 2.05) is 0 Å². The lowest BCUT2D eigenvalue weighted by Gasteiger charge is -2.36. The molecule has 0 radical (unpaired) electrons. The number of anilines is 1. The molecule has 1 amide bonds. The average molecular weight is 440 g/mol. The number of hydrogen-bond donors (Lipinski definition) is 0. The number of hydrogen-bond acceptors (Lipinski definition) is 4. The number of piperazine rings is 1. The summed E-state index contributed by atoms with van der Waals surface area (Å²) in [6.07, 6.45) is 0. The molecule has 0 aromatic heterocycles. The number of carbonyl (C=O) groups is 1. The molecular formula is C20H23ClFN3O3S. The van der Waals surface area contributed by atoms with Gasteiger partial charge >= 0.3 is 0 Å². The van der Waals surface area contributed by atoms with Crippen molar-refractivity contribution in [2.75, 3.05) is 44.2 Å². The number of likely N-dealkylation sites (N-methyl/N-ethyl adjacent to an activating group) is 1. The van der Waals surface area contributed by atoms with E-state index >= 15 is 0 Å². The molecule has 0 spiro atoms. The third-order valence-electron chi connectivity index (χ3n) is 4.94. The Balaban J connectivity index is 1.61. The van der Waals surface area contributed by atoms with Gasteiger partial charge in [-0.3, -0.25) is 4.79 Å². The van der Waals surface area contributed by atoms with Crippen molar-refractivity contribution in [1.82, 2.24) is 9.21 Å². The Labute approximate surface area is 175 Å². The molecule has 156 valence electrons. The zero-order valence-electron chi connectivity index (χ0n) is 16.1. The van der Waals surface area contributed by atoms with E-state index in [-0.39, 0.29) is 29.7 Å². The summed E-state index contributed by atoms with van der Waals surface area (Å²) >= 11 is 5.83. The van der Waals surface area contributed by atoms with Crippen LogP contribution in [-0.4, -0.2) is 62.8 Å². The Kier molecular flexibility index (Phi) is 6.77. The van der Waals surface area contributed by atoms with Crippen LogP contribution < -0.4 is 4.90 Å². The number of amides is 1. The number of halogens is 2. The Morgan fingerprint density at radius 1 is 1.03 bits per heavy atom. The smallest absolute Gasteiger partial charge is 0.243 e. The number of carbonyl (C=O) groups excluding carboxylic acids is 1. The lowest BCUT2D eigenvalue weighted by atomic mass is 10.2. The number of rotatable bonds is 6. The van der Waals surface area contributed by atoms with Gasteiger partial charge in [0.2, 0.25) is 15.9 Å². The quantitative estimate of drug-likeness (QED) is 0.694. The summed E-state index contributed by atoms with van der Waals surface area (Å²) in [5.74, 6) is -0.521. The highest BCUT2D eigenvalue weighted by Gasteiger charge is 2.28. The molecule has 1 aliphatic rings. The molecule has 1 fully saturated rings. The van der Waals surface area contributed by atoms with Crippen molar-refractivity contribution in [2.45, 2.75) is 11.8 Å².